The molecule has 55 heavy (non-hydrogen) atoms. The summed E-state index contributed by atoms with van der Waals surface area (Å²) >= 11 is 0. The number of aliphatic hydroxyl groups excluding tert-OH is 1. The van der Waals surface area contributed by atoms with E-state index in [1.165, 1.54) is 0 Å². The van der Waals surface area contributed by atoms with Crippen LogP contribution in [0.4, 0.5) is 0 Å². The Morgan fingerprint density at radius 2 is 1.04 bits per heavy atom. The predicted molar refractivity (Wildman–Crippen MR) is 212 cm³/mol. The molecule has 7 heteroatoms. The molecule has 0 saturated carbocycles. The molecule has 3 unspecified atom stereocenters. The monoisotopic (exact) mass is 736 g/mol. The van der Waals surface area contributed by atoms with Gasteiger partial charge in [0.1, 0.15) is 30.5 Å². The van der Waals surface area contributed by atoms with Crippen LogP contribution in [0.5, 0.6) is 0 Å². The Morgan fingerprint density at radius 1 is 0.545 bits per heavy atom. The van der Waals surface area contributed by atoms with Crippen LogP contribution in [0.3, 0.4) is 0 Å². The lowest BCUT2D eigenvalue weighted by Crippen LogP contribution is -2.65. The van der Waals surface area contributed by atoms with Crippen LogP contribution < -0.4 is 0 Å². The minimum atomic E-state index is -2.05. The maximum atomic E-state index is 13.1. The highest BCUT2D eigenvalue weighted by Gasteiger charge is 2.57. The van der Waals surface area contributed by atoms with E-state index in [-0.39, 0.29) is 26.4 Å². The molecule has 7 rings (SSSR count). The standard InChI is InChI=1S/C48H48O7/c1-35-25-27-40(28-26-35)44(49)41-23-14-24-42(29-41)48(50)47(54-33-39-21-12-5-13-22-39)46(53-32-38-19-10-4-11-20-38)45(52-31-37-17-8-3-9-18-37)43(55-48)34-51-30-36-15-6-2-7-16-36/h2-29,43-47,49-50H,30-34H2,1H3/t43-,44?,45?,46+,47-,48?/m1/s1. The number of benzene rings is 6. The molecule has 6 aromatic carbocycles. The fraction of sp³-hybridized carbons (Fsp3) is 0.250. The van der Waals surface area contributed by atoms with Gasteiger partial charge < -0.3 is 33.9 Å². The van der Waals surface area contributed by atoms with E-state index >= 15 is 0 Å². The Hall–Kier alpha value is -4.96. The van der Waals surface area contributed by atoms with Crippen LogP contribution >= 0.6 is 0 Å². The van der Waals surface area contributed by atoms with Crippen LogP contribution in [0, 0.1) is 6.92 Å². The normalized spacial score (nSPS) is 21.6. The highest BCUT2D eigenvalue weighted by molar-refractivity contribution is 5.36. The molecule has 2 N–H and O–H groups in total. The Morgan fingerprint density at radius 3 is 1.58 bits per heavy atom. The van der Waals surface area contributed by atoms with Crippen LogP contribution in [0.1, 0.15) is 50.6 Å². The molecule has 0 radical (unpaired) electrons. The van der Waals surface area contributed by atoms with E-state index in [1.807, 2.05) is 165 Å². The van der Waals surface area contributed by atoms with Crippen molar-refractivity contribution in [3.05, 3.63) is 214 Å². The lowest BCUT2D eigenvalue weighted by atomic mass is 9.86. The number of hydrogen-bond acceptors (Lipinski definition) is 7. The summed E-state index contributed by atoms with van der Waals surface area (Å²) in [4.78, 5) is 0. The number of hydrogen-bond donors (Lipinski definition) is 2. The second-order valence-electron chi connectivity index (χ2n) is 14.0. The molecule has 1 aliphatic rings. The quantitative estimate of drug-likeness (QED) is 0.103. The lowest BCUT2D eigenvalue weighted by molar-refractivity contribution is -0.378. The van der Waals surface area contributed by atoms with Crippen molar-refractivity contribution in [3.8, 4) is 0 Å². The molecule has 6 atom stereocenters. The van der Waals surface area contributed by atoms with Gasteiger partial charge in [-0.05, 0) is 46.4 Å². The van der Waals surface area contributed by atoms with Gasteiger partial charge in [-0.25, -0.2) is 0 Å². The third-order valence-electron chi connectivity index (χ3n) is 9.95. The number of ether oxygens (including phenoxy) is 5. The van der Waals surface area contributed by atoms with Gasteiger partial charge in [0.2, 0.25) is 5.79 Å². The van der Waals surface area contributed by atoms with E-state index in [9.17, 15) is 10.2 Å². The summed E-state index contributed by atoms with van der Waals surface area (Å²) < 4.78 is 33.6. The molecule has 7 nitrogen and oxygen atoms in total. The second kappa shape index (κ2) is 18.6. The summed E-state index contributed by atoms with van der Waals surface area (Å²) in [6, 6.07) is 54.6. The highest BCUT2D eigenvalue weighted by atomic mass is 16.7. The van der Waals surface area contributed by atoms with E-state index in [4.69, 9.17) is 23.7 Å². The van der Waals surface area contributed by atoms with Crippen LogP contribution in [-0.2, 0) is 55.9 Å². The average Bonchev–Trinajstić information content (AvgIpc) is 3.24. The van der Waals surface area contributed by atoms with Crippen molar-refractivity contribution in [2.45, 2.75) is 69.7 Å². The third kappa shape index (κ3) is 9.84. The summed E-state index contributed by atoms with van der Waals surface area (Å²) in [5, 5.41) is 24.7. The van der Waals surface area contributed by atoms with Crippen molar-refractivity contribution < 1.29 is 33.9 Å². The van der Waals surface area contributed by atoms with Crippen LogP contribution in [0.15, 0.2) is 170 Å². The van der Waals surface area contributed by atoms with E-state index in [0.717, 1.165) is 33.4 Å². The summed E-state index contributed by atoms with van der Waals surface area (Å²) in [6.07, 6.45) is -4.35. The van der Waals surface area contributed by atoms with Gasteiger partial charge in [0, 0.05) is 5.56 Å². The first-order chi connectivity index (χ1) is 27.0. The third-order valence-corrected chi connectivity index (χ3v) is 9.95. The van der Waals surface area contributed by atoms with Crippen molar-refractivity contribution in [1.82, 2.24) is 0 Å². The van der Waals surface area contributed by atoms with Crippen molar-refractivity contribution in [3.63, 3.8) is 0 Å². The largest absolute Gasteiger partial charge is 0.384 e. The lowest BCUT2D eigenvalue weighted by Gasteiger charge is -2.50. The molecular formula is C48H48O7. The molecule has 0 spiro atoms. The topological polar surface area (TPSA) is 86.6 Å². The minimum absolute atomic E-state index is 0.0962. The van der Waals surface area contributed by atoms with Gasteiger partial charge in [0.05, 0.1) is 33.0 Å². The van der Waals surface area contributed by atoms with E-state index in [2.05, 4.69) is 0 Å². The van der Waals surface area contributed by atoms with E-state index in [0.29, 0.717) is 17.7 Å². The zero-order valence-electron chi connectivity index (χ0n) is 31.0. The number of aryl methyl sites for hydroxylation is 1. The summed E-state index contributed by atoms with van der Waals surface area (Å²) in [5.41, 5.74) is 6.72. The van der Waals surface area contributed by atoms with Crippen LogP contribution in [0.2, 0.25) is 0 Å². The van der Waals surface area contributed by atoms with Crippen molar-refractivity contribution in [2.24, 2.45) is 0 Å². The van der Waals surface area contributed by atoms with Crippen molar-refractivity contribution >= 4 is 0 Å². The molecule has 0 aliphatic carbocycles. The molecule has 1 saturated heterocycles. The Balaban J connectivity index is 1.29. The minimum Gasteiger partial charge on any atom is -0.384 e. The van der Waals surface area contributed by atoms with Gasteiger partial charge in [-0.1, -0.05) is 169 Å². The van der Waals surface area contributed by atoms with Gasteiger partial charge in [-0.3, -0.25) is 0 Å². The fourth-order valence-corrected chi connectivity index (χ4v) is 6.96. The average molecular weight is 737 g/mol. The molecule has 0 amide bonds. The first kappa shape index (κ1) is 38.3. The molecule has 1 aliphatic heterocycles. The zero-order chi connectivity index (χ0) is 37.9. The van der Waals surface area contributed by atoms with Gasteiger partial charge >= 0.3 is 0 Å². The fourth-order valence-electron chi connectivity index (χ4n) is 6.96. The highest BCUT2D eigenvalue weighted by Crippen LogP contribution is 2.42. The first-order valence-corrected chi connectivity index (χ1v) is 18.8. The maximum Gasteiger partial charge on any atom is 0.222 e. The second-order valence-corrected chi connectivity index (χ2v) is 14.0. The zero-order valence-corrected chi connectivity index (χ0v) is 31.0. The molecule has 282 valence electrons. The van der Waals surface area contributed by atoms with Crippen molar-refractivity contribution in [1.29, 1.82) is 0 Å². The van der Waals surface area contributed by atoms with Crippen molar-refractivity contribution in [2.75, 3.05) is 6.61 Å². The van der Waals surface area contributed by atoms with Gasteiger partial charge in [0.25, 0.3) is 0 Å². The molecule has 0 bridgehead atoms. The SMILES string of the molecule is Cc1ccc(C(O)c2cccc(C3(O)O[C@H](COCc4ccccc4)C(OCc4ccccc4)[C@H](OCc4ccccc4)[C@H]3OCc3ccccc3)c2)cc1. The van der Waals surface area contributed by atoms with Gasteiger partial charge in [-0.2, -0.15) is 0 Å². The summed E-state index contributed by atoms with van der Waals surface area (Å²) in [5.74, 6) is -2.05. The van der Waals surface area contributed by atoms with Crippen LogP contribution in [-0.4, -0.2) is 41.2 Å². The van der Waals surface area contributed by atoms with E-state index < -0.39 is 36.3 Å². The van der Waals surface area contributed by atoms with Gasteiger partial charge in [0.15, 0.2) is 0 Å². The molecule has 6 aromatic rings. The molecular weight excluding hydrogens is 689 g/mol. The number of rotatable bonds is 16. The smallest absolute Gasteiger partial charge is 0.222 e. The predicted octanol–water partition coefficient (Wildman–Crippen LogP) is 8.59. The van der Waals surface area contributed by atoms with E-state index in [1.54, 1.807) is 12.1 Å². The molecule has 1 heterocycles. The molecule has 1 fully saturated rings. The first-order valence-electron chi connectivity index (χ1n) is 18.8. The Bertz CT molecular complexity index is 2030. The Kier molecular flexibility index (Phi) is 12.9. The Labute approximate surface area is 323 Å². The molecule has 0 aromatic heterocycles. The maximum absolute atomic E-state index is 13.1. The number of aliphatic hydroxyl groups is 2. The summed E-state index contributed by atoms with van der Waals surface area (Å²) in [6.45, 7) is 3.13. The summed E-state index contributed by atoms with van der Waals surface area (Å²) in [7, 11) is 0. The van der Waals surface area contributed by atoms with Gasteiger partial charge in [-0.15, -0.1) is 0 Å². The van der Waals surface area contributed by atoms with Crippen LogP contribution in [0.25, 0.3) is 0 Å².